The number of benzene rings is 5. The number of allylic oxidation sites excluding steroid dienone is 17. The van der Waals surface area contributed by atoms with Gasteiger partial charge < -0.3 is 9.47 Å². The van der Waals surface area contributed by atoms with Crippen LogP contribution in [0, 0.1) is 5.92 Å². The summed E-state index contributed by atoms with van der Waals surface area (Å²) < 4.78 is 2.46. The van der Waals surface area contributed by atoms with E-state index in [2.05, 4.69) is 253 Å². The second-order valence-electron chi connectivity index (χ2n) is 18.1. The maximum absolute atomic E-state index is 4.21. The zero-order valence-corrected chi connectivity index (χ0v) is 42.4. The zero-order valence-electron chi connectivity index (χ0n) is 42.4. The molecule has 0 bridgehead atoms. The minimum atomic E-state index is 0.491. The highest BCUT2D eigenvalue weighted by Gasteiger charge is 2.16. The van der Waals surface area contributed by atoms with Gasteiger partial charge in [-0.1, -0.05) is 189 Å². The molecule has 1 heterocycles. The Morgan fingerprint density at radius 1 is 0.647 bits per heavy atom. The van der Waals surface area contributed by atoms with Crippen molar-refractivity contribution in [2.24, 2.45) is 5.92 Å². The fourth-order valence-electron chi connectivity index (χ4n) is 8.77. The Labute approximate surface area is 409 Å². The van der Waals surface area contributed by atoms with Gasteiger partial charge in [-0.3, -0.25) is 0 Å². The maximum Gasteiger partial charge on any atom is 0.0538 e. The van der Waals surface area contributed by atoms with Gasteiger partial charge in [-0.15, -0.1) is 0 Å². The third kappa shape index (κ3) is 13.0. The summed E-state index contributed by atoms with van der Waals surface area (Å²) in [6.07, 6.45) is 35.4. The van der Waals surface area contributed by atoms with Crippen LogP contribution in [0.15, 0.2) is 223 Å². The lowest BCUT2D eigenvalue weighted by Crippen LogP contribution is -2.17. The van der Waals surface area contributed by atoms with Crippen LogP contribution < -0.4 is 4.90 Å². The van der Waals surface area contributed by atoms with E-state index in [1.165, 1.54) is 94.4 Å². The molecule has 0 fully saturated rings. The van der Waals surface area contributed by atoms with Gasteiger partial charge in [-0.05, 0) is 173 Å². The molecule has 1 unspecified atom stereocenters. The molecule has 0 amide bonds. The summed E-state index contributed by atoms with van der Waals surface area (Å²) in [7, 11) is 0. The lowest BCUT2D eigenvalue weighted by molar-refractivity contribution is 0.637. The van der Waals surface area contributed by atoms with E-state index in [1.807, 2.05) is 20.0 Å². The molecule has 5 aromatic carbocycles. The van der Waals surface area contributed by atoms with E-state index in [9.17, 15) is 0 Å². The first-order valence-corrected chi connectivity index (χ1v) is 24.8. The topological polar surface area (TPSA) is 8.17 Å². The number of hydrogen-bond acceptors (Lipinski definition) is 1. The number of aromatic nitrogens is 1. The summed E-state index contributed by atoms with van der Waals surface area (Å²) in [5.74, 6) is 0.491. The van der Waals surface area contributed by atoms with Crippen LogP contribution in [0.4, 0.5) is 5.69 Å². The molecule has 6 aromatic rings. The molecular weight excluding hydrogens is 821 g/mol. The average molecular weight is 895 g/mol. The van der Waals surface area contributed by atoms with Gasteiger partial charge in [0.15, 0.2) is 0 Å². The van der Waals surface area contributed by atoms with E-state index < -0.39 is 0 Å². The summed E-state index contributed by atoms with van der Waals surface area (Å²) in [5.41, 5.74) is 18.9. The minimum absolute atomic E-state index is 0.491. The van der Waals surface area contributed by atoms with E-state index in [0.717, 1.165) is 38.6 Å². The summed E-state index contributed by atoms with van der Waals surface area (Å²) in [6.45, 7) is 24.9. The van der Waals surface area contributed by atoms with Gasteiger partial charge in [0.1, 0.15) is 0 Å². The van der Waals surface area contributed by atoms with Gasteiger partial charge in [-0.25, -0.2) is 0 Å². The summed E-state index contributed by atoms with van der Waals surface area (Å²) in [5, 5.41) is 2.50. The molecule has 2 heteroatoms. The number of hydrogen-bond donors (Lipinski definition) is 0. The highest BCUT2D eigenvalue weighted by Crippen LogP contribution is 2.38. The second kappa shape index (κ2) is 25.3. The maximum atomic E-state index is 4.21. The van der Waals surface area contributed by atoms with Crippen LogP contribution in [0.25, 0.3) is 60.9 Å². The van der Waals surface area contributed by atoms with Gasteiger partial charge in [0, 0.05) is 28.7 Å². The molecule has 0 saturated carbocycles. The molecule has 68 heavy (non-hydrogen) atoms. The van der Waals surface area contributed by atoms with Gasteiger partial charge in [-0.2, -0.15) is 0 Å². The van der Waals surface area contributed by atoms with Gasteiger partial charge in [0.05, 0.1) is 11.0 Å². The van der Waals surface area contributed by atoms with Crippen LogP contribution >= 0.6 is 0 Å². The molecule has 1 atom stereocenters. The Balaban J connectivity index is 1.44. The Morgan fingerprint density at radius 3 is 1.88 bits per heavy atom. The van der Waals surface area contributed by atoms with Crippen LogP contribution in [0.5, 0.6) is 0 Å². The van der Waals surface area contributed by atoms with E-state index in [0.29, 0.717) is 5.92 Å². The smallest absolute Gasteiger partial charge is 0.0538 e. The average Bonchev–Trinajstić information content (AvgIpc) is 3.70. The van der Waals surface area contributed by atoms with Crippen molar-refractivity contribution in [2.45, 2.75) is 94.4 Å². The van der Waals surface area contributed by atoms with E-state index in [1.54, 1.807) is 0 Å². The van der Waals surface area contributed by atoms with Crippen LogP contribution in [0.3, 0.4) is 0 Å². The van der Waals surface area contributed by atoms with Crippen molar-refractivity contribution in [3.8, 4) is 33.4 Å². The molecule has 6 rings (SSSR count). The first-order chi connectivity index (χ1) is 33.1. The SMILES string of the molecule is C=CN(C/C=C\C=C/C)c1ccc(-c2cccc(-c3ccc4c(c3)c3cc(-c5ccccc5)ccc3n4/C(C)=C/C=C(\C/C(C)=C(C)/C=C\CC)C(C)CC)c2)cc1C/C=C(\C)C/C=C\C=C/C. The first kappa shape index (κ1) is 50.5. The van der Waals surface area contributed by atoms with Crippen molar-refractivity contribution in [1.29, 1.82) is 0 Å². The summed E-state index contributed by atoms with van der Waals surface area (Å²) >= 11 is 0. The van der Waals surface area contributed by atoms with Crippen LogP contribution in [0.2, 0.25) is 0 Å². The number of rotatable bonds is 21. The monoisotopic (exact) mass is 895 g/mol. The van der Waals surface area contributed by atoms with Crippen molar-refractivity contribution in [1.82, 2.24) is 4.57 Å². The fourth-order valence-corrected chi connectivity index (χ4v) is 8.77. The zero-order chi connectivity index (χ0) is 48.4. The number of nitrogens with zero attached hydrogens (tertiary/aromatic N) is 2. The Kier molecular flexibility index (Phi) is 18.8. The van der Waals surface area contributed by atoms with Crippen molar-refractivity contribution in [3.63, 3.8) is 0 Å². The van der Waals surface area contributed by atoms with Gasteiger partial charge >= 0.3 is 0 Å². The Morgan fingerprint density at radius 2 is 1.25 bits per heavy atom. The summed E-state index contributed by atoms with van der Waals surface area (Å²) in [4.78, 5) is 2.24. The van der Waals surface area contributed by atoms with Crippen molar-refractivity contribution >= 4 is 33.2 Å². The van der Waals surface area contributed by atoms with E-state index >= 15 is 0 Å². The first-order valence-electron chi connectivity index (χ1n) is 24.8. The molecule has 0 aliphatic rings. The number of anilines is 1. The lowest BCUT2D eigenvalue weighted by Gasteiger charge is -2.22. The molecule has 0 radical (unpaired) electrons. The normalized spacial score (nSPS) is 13.9. The molecule has 0 aliphatic carbocycles. The molecule has 0 aliphatic heterocycles. The minimum Gasteiger partial charge on any atom is -0.345 e. The van der Waals surface area contributed by atoms with Gasteiger partial charge in [0.2, 0.25) is 0 Å². The summed E-state index contributed by atoms with van der Waals surface area (Å²) in [6, 6.07) is 40.7. The largest absolute Gasteiger partial charge is 0.345 e. The predicted molar refractivity (Wildman–Crippen MR) is 303 cm³/mol. The molecule has 348 valence electrons. The van der Waals surface area contributed by atoms with Crippen LogP contribution in [0.1, 0.15) is 93.6 Å². The third-order valence-electron chi connectivity index (χ3n) is 13.2. The molecular formula is C66H74N2. The molecule has 2 nitrogen and oxygen atoms in total. The Hall–Kier alpha value is -6.90. The predicted octanol–water partition coefficient (Wildman–Crippen LogP) is 19.4. The van der Waals surface area contributed by atoms with E-state index in [-0.39, 0.29) is 0 Å². The van der Waals surface area contributed by atoms with Crippen molar-refractivity contribution in [3.05, 3.63) is 229 Å². The van der Waals surface area contributed by atoms with E-state index in [4.69, 9.17) is 0 Å². The van der Waals surface area contributed by atoms with Gasteiger partial charge in [0.25, 0.3) is 0 Å². The second-order valence-corrected chi connectivity index (χ2v) is 18.1. The Bertz CT molecular complexity index is 2950. The number of fused-ring (bicyclic) bond motifs is 3. The van der Waals surface area contributed by atoms with Crippen LogP contribution in [-0.2, 0) is 6.42 Å². The molecule has 0 saturated heterocycles. The standard InChI is InChI=1S/C66H74N2/c1-11-16-19-22-27-49(6)33-35-61-46-58(37-40-64(61)67(15-5)43-25-20-17-12-2)56-31-26-32-57(45-56)60-39-42-66-63(48-60)62-47-59(54-29-23-21-24-30-54)38-41-65(62)68(66)53(10)34-36-55(50(7)14-4)44-52(9)51(8)28-18-13-3/h11-12,15-26,28-34,36-42,45-48,50H,5,13-14,27,35,43-44H2,1-4,6-10H3/b16-11-,17-12-,22-19-,25-20-,28-18-,49-33+,52-51+,53-34+,55-36+. The fraction of sp³-hybridized carbons (Fsp3) is 0.242. The van der Waals surface area contributed by atoms with Crippen molar-refractivity contribution in [2.75, 3.05) is 11.4 Å². The van der Waals surface area contributed by atoms with Crippen LogP contribution in [-0.4, -0.2) is 11.1 Å². The quantitative estimate of drug-likeness (QED) is 0.0516. The molecule has 0 spiro atoms. The lowest BCUT2D eigenvalue weighted by atomic mass is 9.90. The molecule has 0 N–H and O–H groups in total. The highest BCUT2D eigenvalue weighted by atomic mass is 15.1. The third-order valence-corrected chi connectivity index (χ3v) is 13.2. The highest BCUT2D eigenvalue weighted by molar-refractivity contribution is 6.12. The molecule has 1 aromatic heterocycles. The van der Waals surface area contributed by atoms with Crippen molar-refractivity contribution < 1.29 is 0 Å².